The first-order valence-corrected chi connectivity index (χ1v) is 7.82. The second-order valence-electron chi connectivity index (χ2n) is 5.43. The zero-order valence-electron chi connectivity index (χ0n) is 11.8. The smallest absolute Gasteiger partial charge is 0.246 e. The number of rotatable bonds is 3. The maximum Gasteiger partial charge on any atom is 0.246 e. The molecule has 1 aromatic carbocycles. The quantitative estimate of drug-likeness (QED) is 0.835. The van der Waals surface area contributed by atoms with Crippen molar-refractivity contribution < 1.29 is 13.2 Å². The summed E-state index contributed by atoms with van der Waals surface area (Å²) >= 11 is 0. The third kappa shape index (κ3) is 2.56. The van der Waals surface area contributed by atoms with E-state index in [4.69, 9.17) is 5.73 Å². The normalized spacial score (nSPS) is 15.3. The molecule has 110 valence electrons. The molecule has 0 saturated heterocycles. The molecular weight excluding hydrogens is 278 g/mol. The Bertz CT molecular complexity index is 647. The zero-order chi connectivity index (χ0) is 15.1. The lowest BCUT2D eigenvalue weighted by Gasteiger charge is -2.26. The molecule has 1 aliphatic heterocycles. The van der Waals surface area contributed by atoms with Crippen molar-refractivity contribution in [1.82, 2.24) is 4.72 Å². The van der Waals surface area contributed by atoms with Gasteiger partial charge in [0.15, 0.2) is 0 Å². The number of hydrogen-bond acceptors (Lipinski definition) is 4. The number of carbonyl (C=O) groups is 1. The van der Waals surface area contributed by atoms with Gasteiger partial charge in [0, 0.05) is 12.2 Å². The first kappa shape index (κ1) is 15.0. The van der Waals surface area contributed by atoms with E-state index in [0.717, 1.165) is 5.56 Å². The van der Waals surface area contributed by atoms with Crippen LogP contribution in [0.15, 0.2) is 23.1 Å². The summed E-state index contributed by atoms with van der Waals surface area (Å²) in [5.74, 6) is -0.213. The fourth-order valence-electron chi connectivity index (χ4n) is 2.20. The molecule has 1 aliphatic rings. The molecule has 7 heteroatoms. The highest BCUT2D eigenvalue weighted by atomic mass is 32.2. The molecule has 3 N–H and O–H groups in total. The van der Waals surface area contributed by atoms with Crippen LogP contribution in [0.2, 0.25) is 0 Å². The van der Waals surface area contributed by atoms with Crippen LogP contribution in [0.4, 0.5) is 5.69 Å². The number of nitrogens with two attached hydrogens (primary N) is 1. The second-order valence-corrected chi connectivity index (χ2v) is 7.31. The average molecular weight is 297 g/mol. The van der Waals surface area contributed by atoms with Gasteiger partial charge in [-0.3, -0.25) is 4.79 Å². The highest BCUT2D eigenvalue weighted by Gasteiger charge is 2.33. The Morgan fingerprint density at radius 3 is 2.60 bits per heavy atom. The molecule has 1 aromatic rings. The van der Waals surface area contributed by atoms with Crippen molar-refractivity contribution in [3.8, 4) is 0 Å². The summed E-state index contributed by atoms with van der Waals surface area (Å²) in [6.45, 7) is 3.81. The maximum absolute atomic E-state index is 12.3. The predicted octanol–water partition coefficient (Wildman–Crippen LogP) is 0.221. The van der Waals surface area contributed by atoms with Gasteiger partial charge in [0.05, 0.1) is 10.4 Å². The third-order valence-corrected chi connectivity index (χ3v) is 4.74. The Balaban J connectivity index is 2.46. The summed E-state index contributed by atoms with van der Waals surface area (Å²) in [4.78, 5) is 14.0. The number of sulfonamides is 1. The van der Waals surface area contributed by atoms with E-state index in [1.54, 1.807) is 30.9 Å². The SMILES string of the molecule is CNS(=O)(=O)c1ccc2c(c1)N(C(=O)C(C)(C)N)CC2. The van der Waals surface area contributed by atoms with Crippen molar-refractivity contribution in [3.05, 3.63) is 23.8 Å². The van der Waals surface area contributed by atoms with Gasteiger partial charge in [0.1, 0.15) is 0 Å². The van der Waals surface area contributed by atoms with Gasteiger partial charge >= 0.3 is 0 Å². The number of amides is 1. The number of nitrogens with one attached hydrogen (secondary N) is 1. The van der Waals surface area contributed by atoms with Crippen LogP contribution in [0, 0.1) is 0 Å². The summed E-state index contributed by atoms with van der Waals surface area (Å²) in [5, 5.41) is 0. The van der Waals surface area contributed by atoms with Crippen molar-refractivity contribution >= 4 is 21.6 Å². The van der Waals surface area contributed by atoms with Crippen molar-refractivity contribution in [3.63, 3.8) is 0 Å². The minimum Gasteiger partial charge on any atom is -0.318 e. The van der Waals surface area contributed by atoms with E-state index in [2.05, 4.69) is 4.72 Å². The van der Waals surface area contributed by atoms with Crippen LogP contribution < -0.4 is 15.4 Å². The van der Waals surface area contributed by atoms with E-state index >= 15 is 0 Å². The van der Waals surface area contributed by atoms with Crippen LogP contribution in [0.5, 0.6) is 0 Å². The van der Waals surface area contributed by atoms with E-state index in [-0.39, 0.29) is 10.8 Å². The Morgan fingerprint density at radius 1 is 1.40 bits per heavy atom. The van der Waals surface area contributed by atoms with Gasteiger partial charge < -0.3 is 10.6 Å². The number of carbonyl (C=O) groups excluding carboxylic acids is 1. The van der Waals surface area contributed by atoms with E-state index in [0.29, 0.717) is 18.7 Å². The molecule has 0 fully saturated rings. The second kappa shape index (κ2) is 4.83. The number of anilines is 1. The molecule has 6 nitrogen and oxygen atoms in total. The summed E-state index contributed by atoms with van der Waals surface area (Å²) in [7, 11) is -2.17. The lowest BCUT2D eigenvalue weighted by atomic mass is 10.1. The van der Waals surface area contributed by atoms with Gasteiger partial charge in [-0.15, -0.1) is 0 Å². The molecule has 0 unspecified atom stereocenters. The number of fused-ring (bicyclic) bond motifs is 1. The largest absolute Gasteiger partial charge is 0.318 e. The molecule has 1 amide bonds. The molecule has 1 heterocycles. The van der Waals surface area contributed by atoms with Crippen molar-refractivity contribution in [2.45, 2.75) is 30.7 Å². The van der Waals surface area contributed by atoms with Gasteiger partial charge in [-0.1, -0.05) is 6.07 Å². The van der Waals surface area contributed by atoms with E-state index in [9.17, 15) is 13.2 Å². The molecule has 0 aliphatic carbocycles. The molecule has 0 radical (unpaired) electrons. The minimum atomic E-state index is -3.52. The summed E-state index contributed by atoms with van der Waals surface area (Å²) < 4.78 is 25.9. The van der Waals surface area contributed by atoms with Crippen LogP contribution in [0.3, 0.4) is 0 Å². The lowest BCUT2D eigenvalue weighted by Crippen LogP contribution is -2.50. The minimum absolute atomic E-state index is 0.147. The van der Waals surface area contributed by atoms with E-state index in [1.807, 2.05) is 0 Å². The van der Waals surface area contributed by atoms with Gasteiger partial charge in [-0.2, -0.15) is 0 Å². The number of hydrogen-bond donors (Lipinski definition) is 2. The molecular formula is C13H19N3O3S. The van der Waals surface area contributed by atoms with Crippen molar-refractivity contribution in [1.29, 1.82) is 0 Å². The van der Waals surface area contributed by atoms with E-state index in [1.165, 1.54) is 13.1 Å². The standard InChI is InChI=1S/C13H19N3O3S/c1-13(2,14)12(17)16-7-6-9-4-5-10(8-11(9)16)20(18,19)15-3/h4-5,8,15H,6-7,14H2,1-3H3. The summed E-state index contributed by atoms with van der Waals surface area (Å²) in [6, 6.07) is 4.82. The van der Waals surface area contributed by atoms with Crippen LogP contribution in [-0.4, -0.2) is 33.5 Å². The molecule has 0 spiro atoms. The highest BCUT2D eigenvalue weighted by Crippen LogP contribution is 2.31. The van der Waals surface area contributed by atoms with Crippen LogP contribution in [0.25, 0.3) is 0 Å². The monoisotopic (exact) mass is 297 g/mol. The number of nitrogens with zero attached hydrogens (tertiary/aromatic N) is 1. The Labute approximate surface area is 119 Å². The third-order valence-electron chi connectivity index (χ3n) is 3.33. The molecule has 0 bridgehead atoms. The van der Waals surface area contributed by atoms with Crippen LogP contribution >= 0.6 is 0 Å². The fourth-order valence-corrected chi connectivity index (χ4v) is 2.95. The van der Waals surface area contributed by atoms with E-state index < -0.39 is 15.6 Å². The Kier molecular flexibility index (Phi) is 3.62. The van der Waals surface area contributed by atoms with Gasteiger partial charge in [-0.05, 0) is 45.0 Å². The summed E-state index contributed by atoms with van der Waals surface area (Å²) in [5.41, 5.74) is 6.44. The van der Waals surface area contributed by atoms with Gasteiger partial charge in [-0.25, -0.2) is 13.1 Å². The maximum atomic E-state index is 12.3. The van der Waals surface area contributed by atoms with Crippen LogP contribution in [-0.2, 0) is 21.2 Å². The lowest BCUT2D eigenvalue weighted by molar-refractivity contribution is -0.122. The van der Waals surface area contributed by atoms with Crippen molar-refractivity contribution in [2.75, 3.05) is 18.5 Å². The molecule has 2 rings (SSSR count). The first-order valence-electron chi connectivity index (χ1n) is 6.34. The fraction of sp³-hybridized carbons (Fsp3) is 0.462. The molecule has 0 atom stereocenters. The topological polar surface area (TPSA) is 92.5 Å². The Morgan fingerprint density at radius 2 is 2.05 bits per heavy atom. The Hall–Kier alpha value is -1.44. The number of benzene rings is 1. The molecule has 20 heavy (non-hydrogen) atoms. The highest BCUT2D eigenvalue weighted by molar-refractivity contribution is 7.89. The predicted molar refractivity (Wildman–Crippen MR) is 77.0 cm³/mol. The molecule has 0 aromatic heterocycles. The van der Waals surface area contributed by atoms with Gasteiger partial charge in [0.25, 0.3) is 0 Å². The first-order chi connectivity index (χ1) is 9.16. The molecule has 0 saturated carbocycles. The zero-order valence-corrected chi connectivity index (χ0v) is 12.6. The van der Waals surface area contributed by atoms with Crippen LogP contribution in [0.1, 0.15) is 19.4 Å². The van der Waals surface area contributed by atoms with Gasteiger partial charge in [0.2, 0.25) is 15.9 Å². The summed E-state index contributed by atoms with van der Waals surface area (Å²) in [6.07, 6.45) is 0.705. The van der Waals surface area contributed by atoms with Crippen molar-refractivity contribution in [2.24, 2.45) is 5.73 Å². The average Bonchev–Trinajstić information content (AvgIpc) is 2.79.